The van der Waals surface area contributed by atoms with E-state index < -0.39 is 58.3 Å². The van der Waals surface area contributed by atoms with Crippen molar-refractivity contribution < 1.29 is 36.3 Å². The van der Waals surface area contributed by atoms with Gasteiger partial charge in [0.05, 0.1) is 36.1 Å². The number of carboxylic acid groups (broad SMARTS) is 1. The quantitative estimate of drug-likeness (QED) is 0.415. The van der Waals surface area contributed by atoms with Crippen molar-refractivity contribution in [1.29, 1.82) is 0 Å². The third kappa shape index (κ3) is 4.41. The maximum atomic E-state index is 12.6. The Hall–Kier alpha value is -1.72. The molecule has 0 aliphatic heterocycles. The zero-order valence-electron chi connectivity index (χ0n) is 13.4. The van der Waals surface area contributed by atoms with Crippen LogP contribution in [0.25, 0.3) is 0 Å². The average molecular weight is 511 g/mol. The Kier molecular flexibility index (Phi) is 6.65. The zero-order valence-corrected chi connectivity index (χ0v) is 17.3. The van der Waals surface area contributed by atoms with Crippen LogP contribution in [-0.4, -0.2) is 30.9 Å². The van der Waals surface area contributed by atoms with Crippen molar-refractivity contribution in [2.45, 2.75) is 10.4 Å². The van der Waals surface area contributed by atoms with Crippen molar-refractivity contribution in [3.63, 3.8) is 0 Å². The molecule has 0 spiro atoms. The molecule has 0 heterocycles. The number of alkyl halides is 3. The molecule has 2 N–H and O–H groups in total. The summed E-state index contributed by atoms with van der Waals surface area (Å²) in [7, 11) is -5.58. The van der Waals surface area contributed by atoms with Crippen LogP contribution in [0.15, 0.2) is 29.2 Å². The average Bonchev–Trinajstić information content (AvgIpc) is 2.61. The number of halogens is 7. The van der Waals surface area contributed by atoms with Crippen molar-refractivity contribution in [2.75, 3.05) is 5.32 Å². The number of carbonyl (C=O) groups excluding carboxylic acids is 1. The summed E-state index contributed by atoms with van der Waals surface area (Å²) in [4.78, 5) is 22.9. The third-order valence-corrected chi connectivity index (χ3v) is 6.74. The maximum Gasteiger partial charge on any atom is 0.501 e. The molecule has 0 unspecified atom stereocenters. The summed E-state index contributed by atoms with van der Waals surface area (Å²) in [6.07, 6.45) is 0. The predicted molar refractivity (Wildman–Crippen MR) is 101 cm³/mol. The number of hydrogen-bond donors (Lipinski definition) is 2. The lowest BCUT2D eigenvalue weighted by molar-refractivity contribution is -0.0436. The molecule has 1 amide bonds. The first kappa shape index (κ1) is 23.6. The summed E-state index contributed by atoms with van der Waals surface area (Å²) in [6, 6.07) is 2.95. The molecule has 156 valence electrons. The highest BCUT2D eigenvalue weighted by Gasteiger charge is 2.46. The highest BCUT2D eigenvalue weighted by Crippen LogP contribution is 2.42. The molecule has 6 nitrogen and oxygen atoms in total. The molecule has 0 saturated carbocycles. The molecular weight excluding hydrogens is 505 g/mol. The monoisotopic (exact) mass is 509 g/mol. The van der Waals surface area contributed by atoms with Gasteiger partial charge in [0.2, 0.25) is 0 Å². The minimum absolute atomic E-state index is 0.161. The van der Waals surface area contributed by atoms with E-state index in [1.807, 2.05) is 0 Å². The molecule has 0 radical (unpaired) electrons. The Bertz CT molecular complexity index is 1120. The van der Waals surface area contributed by atoms with Crippen LogP contribution in [0.3, 0.4) is 0 Å². The zero-order chi connectivity index (χ0) is 22.3. The highest BCUT2D eigenvalue weighted by molar-refractivity contribution is 7.92. The number of amides is 1. The van der Waals surface area contributed by atoms with Gasteiger partial charge in [-0.1, -0.05) is 46.4 Å². The lowest BCUT2D eigenvalue weighted by atomic mass is 10.1. The number of carboxylic acids is 1. The van der Waals surface area contributed by atoms with Gasteiger partial charge in [-0.3, -0.25) is 4.79 Å². The molecule has 2 aromatic carbocycles. The lowest BCUT2D eigenvalue weighted by Crippen LogP contribution is -2.23. The van der Waals surface area contributed by atoms with Gasteiger partial charge in [-0.25, -0.2) is 13.2 Å². The lowest BCUT2D eigenvalue weighted by Gasteiger charge is -2.14. The van der Waals surface area contributed by atoms with Gasteiger partial charge < -0.3 is 10.4 Å². The van der Waals surface area contributed by atoms with Gasteiger partial charge in [0.25, 0.3) is 15.7 Å². The Morgan fingerprint density at radius 3 is 1.72 bits per heavy atom. The van der Waals surface area contributed by atoms with E-state index >= 15 is 0 Å². The molecule has 0 fully saturated rings. The fourth-order valence-corrected chi connectivity index (χ4v) is 3.87. The first-order valence-corrected chi connectivity index (χ1v) is 10.0. The van der Waals surface area contributed by atoms with Crippen molar-refractivity contribution in [1.82, 2.24) is 0 Å². The number of nitrogens with one attached hydrogen (secondary N) is 1. The van der Waals surface area contributed by atoms with Gasteiger partial charge in [-0.05, 0) is 24.3 Å². The van der Waals surface area contributed by atoms with Crippen LogP contribution in [0.5, 0.6) is 0 Å². The van der Waals surface area contributed by atoms with Gasteiger partial charge in [-0.15, -0.1) is 0 Å². The minimum Gasteiger partial charge on any atom is -0.478 e. The Labute approximate surface area is 181 Å². The minimum atomic E-state index is -5.58. The van der Waals surface area contributed by atoms with E-state index in [9.17, 15) is 36.3 Å². The smallest absolute Gasteiger partial charge is 0.478 e. The third-order valence-electron chi connectivity index (χ3n) is 3.44. The summed E-state index contributed by atoms with van der Waals surface area (Å²) in [5.41, 5.74) is -7.06. The first-order valence-electron chi connectivity index (χ1n) is 7.02. The fourth-order valence-electron chi connectivity index (χ4n) is 2.09. The largest absolute Gasteiger partial charge is 0.501 e. The Morgan fingerprint density at radius 2 is 1.31 bits per heavy atom. The fraction of sp³-hybridized carbons (Fsp3) is 0.0667. The van der Waals surface area contributed by atoms with E-state index in [1.165, 1.54) is 0 Å². The van der Waals surface area contributed by atoms with Gasteiger partial charge in [0.1, 0.15) is 0 Å². The molecule has 29 heavy (non-hydrogen) atoms. The van der Waals surface area contributed by atoms with Crippen molar-refractivity contribution >= 4 is 73.8 Å². The normalized spacial score (nSPS) is 12.0. The summed E-state index contributed by atoms with van der Waals surface area (Å²) < 4.78 is 60.4. The topological polar surface area (TPSA) is 101 Å². The number of benzene rings is 2. The van der Waals surface area contributed by atoms with Crippen molar-refractivity contribution in [2.24, 2.45) is 0 Å². The van der Waals surface area contributed by atoms with E-state index in [4.69, 9.17) is 46.4 Å². The van der Waals surface area contributed by atoms with Gasteiger partial charge in [0, 0.05) is 5.69 Å². The second kappa shape index (κ2) is 8.19. The molecule has 2 aromatic rings. The second-order valence-corrected chi connectivity index (χ2v) is 8.69. The highest BCUT2D eigenvalue weighted by atomic mass is 35.5. The molecule has 0 aliphatic rings. The summed E-state index contributed by atoms with van der Waals surface area (Å²) >= 11 is 23.3. The van der Waals surface area contributed by atoms with Crippen LogP contribution >= 0.6 is 46.4 Å². The molecule has 2 rings (SSSR count). The summed E-state index contributed by atoms with van der Waals surface area (Å²) in [5, 5.41) is 9.61. The van der Waals surface area contributed by atoms with Crippen LogP contribution in [0.1, 0.15) is 20.7 Å². The molecule has 14 heteroatoms. The number of hydrogen-bond acceptors (Lipinski definition) is 4. The van der Waals surface area contributed by atoms with Crippen molar-refractivity contribution in [3.05, 3.63) is 55.5 Å². The van der Waals surface area contributed by atoms with Gasteiger partial charge in [-0.2, -0.15) is 13.2 Å². The van der Waals surface area contributed by atoms with Crippen LogP contribution in [0, 0.1) is 0 Å². The Morgan fingerprint density at radius 1 is 0.862 bits per heavy atom. The SMILES string of the molecule is O=C(O)c1c(Cl)c(Cl)c(Cl)c(Cl)c1C(=O)Nc1ccc(S(=O)(=O)C(F)(F)F)cc1. The molecule has 0 aliphatic carbocycles. The Balaban J connectivity index is 2.46. The number of rotatable bonds is 4. The first-order chi connectivity index (χ1) is 13.2. The van der Waals surface area contributed by atoms with Crippen molar-refractivity contribution in [3.8, 4) is 0 Å². The van der Waals surface area contributed by atoms with E-state index in [0.717, 1.165) is 12.1 Å². The predicted octanol–water partition coefficient (Wildman–Crippen LogP) is 5.54. The van der Waals surface area contributed by atoms with E-state index in [1.54, 1.807) is 0 Å². The van der Waals surface area contributed by atoms with Crippen LogP contribution in [-0.2, 0) is 9.84 Å². The van der Waals surface area contributed by atoms with E-state index in [2.05, 4.69) is 5.32 Å². The second-order valence-electron chi connectivity index (χ2n) is 5.24. The number of sulfone groups is 1. The standard InChI is InChI=1S/C15H6Cl4F3NO5S/c16-9-7(8(14(25)26)10(17)12(19)11(9)18)13(24)23-5-1-3-6(4-2-5)29(27,28)15(20,21)22/h1-4H,(H,23,24)(H,25,26). The molecule has 0 bridgehead atoms. The van der Waals surface area contributed by atoms with Crippen LogP contribution in [0.2, 0.25) is 20.1 Å². The van der Waals surface area contributed by atoms with E-state index in [0.29, 0.717) is 12.1 Å². The van der Waals surface area contributed by atoms with Gasteiger partial charge >= 0.3 is 11.5 Å². The van der Waals surface area contributed by atoms with Gasteiger partial charge in [0.15, 0.2) is 0 Å². The number of aromatic carboxylic acids is 1. The van der Waals surface area contributed by atoms with Crippen LogP contribution in [0.4, 0.5) is 18.9 Å². The van der Waals surface area contributed by atoms with Crippen LogP contribution < -0.4 is 5.32 Å². The van der Waals surface area contributed by atoms with E-state index in [-0.39, 0.29) is 10.7 Å². The molecular formula is C15H6Cl4F3NO5S. The molecule has 0 aromatic heterocycles. The molecule has 0 saturated heterocycles. The summed E-state index contributed by atoms with van der Waals surface area (Å²) in [5.74, 6) is -2.77. The maximum absolute atomic E-state index is 12.6. The summed E-state index contributed by atoms with van der Waals surface area (Å²) in [6.45, 7) is 0. The number of anilines is 1. The molecule has 0 atom stereocenters. The number of carbonyl (C=O) groups is 2.